The van der Waals surface area contributed by atoms with E-state index in [9.17, 15) is 14.0 Å². The van der Waals surface area contributed by atoms with Crippen LogP contribution in [-0.4, -0.2) is 26.2 Å². The number of aryl methyl sites for hydroxylation is 2. The third kappa shape index (κ3) is 3.77. The normalized spacial score (nSPS) is 10.7. The predicted octanol–water partition coefficient (Wildman–Crippen LogP) is 2.80. The number of aromatic nitrogens is 3. The molecule has 0 saturated carbocycles. The third-order valence-corrected chi connectivity index (χ3v) is 4.52. The van der Waals surface area contributed by atoms with Crippen molar-refractivity contribution in [3.8, 4) is 5.69 Å². The minimum absolute atomic E-state index is 0.340. The number of amides is 2. The zero-order valence-corrected chi connectivity index (χ0v) is 16.5. The number of rotatable bonds is 3. The highest BCUT2D eigenvalue weighted by molar-refractivity contribution is 9.10. The number of hydrazine groups is 1. The third-order valence-electron chi connectivity index (χ3n) is 4.08. The van der Waals surface area contributed by atoms with Crippen molar-refractivity contribution in [2.24, 2.45) is 7.05 Å². The Morgan fingerprint density at radius 3 is 2.33 bits per heavy atom. The second-order valence-electron chi connectivity index (χ2n) is 6.00. The Kier molecular flexibility index (Phi) is 5.13. The van der Waals surface area contributed by atoms with Crippen molar-refractivity contribution in [1.82, 2.24) is 25.2 Å². The van der Waals surface area contributed by atoms with Crippen LogP contribution in [0.25, 0.3) is 5.69 Å². The number of carbonyl (C=O) groups is 2. The maximum atomic E-state index is 13.1. The Morgan fingerprint density at radius 2 is 1.74 bits per heavy atom. The number of hydrogen-bond acceptors (Lipinski definition) is 3. The summed E-state index contributed by atoms with van der Waals surface area (Å²) < 4.78 is 17.1. The van der Waals surface area contributed by atoms with Crippen LogP contribution in [0.2, 0.25) is 0 Å². The van der Waals surface area contributed by atoms with Gasteiger partial charge in [0.15, 0.2) is 0 Å². The van der Waals surface area contributed by atoms with Crippen LogP contribution in [0, 0.1) is 19.7 Å². The van der Waals surface area contributed by atoms with E-state index in [-0.39, 0.29) is 5.82 Å². The quantitative estimate of drug-likeness (QED) is 0.623. The summed E-state index contributed by atoms with van der Waals surface area (Å²) in [5.74, 6) is -1.29. The highest BCUT2D eigenvalue weighted by Gasteiger charge is 2.20. The molecule has 0 atom stereocenters. The first kappa shape index (κ1) is 18.8. The molecule has 0 saturated heterocycles. The maximum absolute atomic E-state index is 13.1. The molecule has 140 valence electrons. The Bertz CT molecular complexity index is 1020. The monoisotopic (exact) mass is 433 g/mol. The van der Waals surface area contributed by atoms with Gasteiger partial charge in [-0.3, -0.25) is 20.4 Å². The summed E-state index contributed by atoms with van der Waals surface area (Å²) in [6.07, 6.45) is 1.73. The second-order valence-corrected chi connectivity index (χ2v) is 6.91. The van der Waals surface area contributed by atoms with E-state index in [1.165, 1.54) is 12.1 Å². The molecule has 0 aliphatic rings. The number of nitrogens with zero attached hydrogens (tertiary/aromatic N) is 3. The van der Waals surface area contributed by atoms with Crippen molar-refractivity contribution >= 4 is 27.7 Å². The molecule has 0 spiro atoms. The van der Waals surface area contributed by atoms with Gasteiger partial charge in [0.25, 0.3) is 11.8 Å². The summed E-state index contributed by atoms with van der Waals surface area (Å²) in [7, 11) is 1.72. The zero-order chi connectivity index (χ0) is 19.7. The molecular formula is C18H17BrFN5O2. The molecule has 0 aliphatic carbocycles. The van der Waals surface area contributed by atoms with Crippen molar-refractivity contribution in [2.75, 3.05) is 0 Å². The number of halogens is 2. The lowest BCUT2D eigenvalue weighted by molar-refractivity contribution is 0.0841. The van der Waals surface area contributed by atoms with Gasteiger partial charge in [0.1, 0.15) is 11.5 Å². The summed E-state index contributed by atoms with van der Waals surface area (Å²) in [6, 6.07) is 7.44. The van der Waals surface area contributed by atoms with E-state index < -0.39 is 11.8 Å². The molecule has 0 unspecified atom stereocenters. The van der Waals surface area contributed by atoms with Crippen molar-refractivity contribution in [2.45, 2.75) is 13.8 Å². The van der Waals surface area contributed by atoms with Gasteiger partial charge in [-0.25, -0.2) is 9.07 Å². The first-order chi connectivity index (χ1) is 12.8. The van der Waals surface area contributed by atoms with Crippen LogP contribution in [0.5, 0.6) is 0 Å². The molecule has 0 bridgehead atoms. The number of carbonyl (C=O) groups excluding carboxylic acids is 2. The molecule has 2 amide bonds. The van der Waals surface area contributed by atoms with Crippen LogP contribution < -0.4 is 10.9 Å². The van der Waals surface area contributed by atoms with E-state index in [0.29, 0.717) is 28.3 Å². The highest BCUT2D eigenvalue weighted by Crippen LogP contribution is 2.18. The van der Waals surface area contributed by atoms with E-state index in [0.717, 1.165) is 4.47 Å². The van der Waals surface area contributed by atoms with Crippen LogP contribution in [0.4, 0.5) is 4.39 Å². The van der Waals surface area contributed by atoms with Gasteiger partial charge in [0, 0.05) is 17.7 Å². The molecule has 3 aromatic rings. The summed E-state index contributed by atoms with van der Waals surface area (Å²) in [5.41, 5.74) is 7.23. The minimum Gasteiger partial charge on any atom is -0.345 e. The van der Waals surface area contributed by atoms with Crippen molar-refractivity contribution in [1.29, 1.82) is 0 Å². The smallest absolute Gasteiger partial charge is 0.286 e. The average Bonchev–Trinajstić information content (AvgIpc) is 3.11. The largest absolute Gasteiger partial charge is 0.345 e. The van der Waals surface area contributed by atoms with Gasteiger partial charge < -0.3 is 4.57 Å². The number of hydrogen-bond donors (Lipinski definition) is 2. The number of benzene rings is 1. The fraction of sp³-hybridized carbons (Fsp3) is 0.167. The molecule has 7 nitrogen and oxygen atoms in total. The first-order valence-electron chi connectivity index (χ1n) is 8.02. The molecule has 0 fully saturated rings. The van der Waals surface area contributed by atoms with Gasteiger partial charge in [0.05, 0.1) is 22.6 Å². The number of nitrogens with one attached hydrogen (secondary N) is 2. The van der Waals surface area contributed by atoms with Crippen LogP contribution in [0.15, 0.2) is 41.0 Å². The van der Waals surface area contributed by atoms with Crippen molar-refractivity contribution < 1.29 is 14.0 Å². The molecule has 2 N–H and O–H groups in total. The lowest BCUT2D eigenvalue weighted by Gasteiger charge is -2.09. The average molecular weight is 434 g/mol. The van der Waals surface area contributed by atoms with E-state index in [1.807, 2.05) is 0 Å². The Balaban J connectivity index is 1.78. The molecule has 0 aliphatic heterocycles. The van der Waals surface area contributed by atoms with E-state index in [4.69, 9.17) is 0 Å². The lowest BCUT2D eigenvalue weighted by atomic mass is 10.2. The molecular weight excluding hydrogens is 417 g/mol. The SMILES string of the molecule is Cc1nn(-c2ccc(F)cc2)c(C)c1C(=O)NNC(=O)c1cc(Br)cn1C. The summed E-state index contributed by atoms with van der Waals surface area (Å²) in [4.78, 5) is 24.8. The zero-order valence-electron chi connectivity index (χ0n) is 14.9. The summed E-state index contributed by atoms with van der Waals surface area (Å²) >= 11 is 3.29. The van der Waals surface area contributed by atoms with Crippen LogP contribution >= 0.6 is 15.9 Å². The molecule has 3 rings (SSSR count). The summed E-state index contributed by atoms with van der Waals surface area (Å²) in [5, 5.41) is 4.34. The van der Waals surface area contributed by atoms with Crippen LogP contribution in [-0.2, 0) is 7.05 Å². The fourth-order valence-electron chi connectivity index (χ4n) is 2.80. The Labute approximate surface area is 163 Å². The van der Waals surface area contributed by atoms with Gasteiger partial charge in [-0.2, -0.15) is 5.10 Å². The van der Waals surface area contributed by atoms with Gasteiger partial charge in [0.2, 0.25) is 0 Å². The topological polar surface area (TPSA) is 81.0 Å². The molecule has 27 heavy (non-hydrogen) atoms. The maximum Gasteiger partial charge on any atom is 0.286 e. The van der Waals surface area contributed by atoms with Crippen LogP contribution in [0.1, 0.15) is 32.2 Å². The fourth-order valence-corrected chi connectivity index (χ4v) is 3.32. The Hall–Kier alpha value is -2.94. The van der Waals surface area contributed by atoms with Gasteiger partial charge in [-0.1, -0.05) is 0 Å². The molecule has 0 radical (unpaired) electrons. The van der Waals surface area contributed by atoms with Crippen molar-refractivity contribution in [3.63, 3.8) is 0 Å². The molecule has 2 aromatic heterocycles. The van der Waals surface area contributed by atoms with Gasteiger partial charge >= 0.3 is 0 Å². The standard InChI is InChI=1S/C18H17BrFN5O2/c1-10-16(11(2)25(23-10)14-6-4-13(20)5-7-14)18(27)22-21-17(26)15-8-12(19)9-24(15)3/h4-9H,1-3H3,(H,21,26)(H,22,27). The predicted molar refractivity (Wildman–Crippen MR) is 101 cm³/mol. The van der Waals surface area contributed by atoms with Crippen molar-refractivity contribution in [3.05, 3.63) is 69.5 Å². The first-order valence-corrected chi connectivity index (χ1v) is 8.82. The van der Waals surface area contributed by atoms with E-state index in [1.54, 1.807) is 54.5 Å². The molecule has 2 heterocycles. The molecule has 1 aromatic carbocycles. The Morgan fingerprint density at radius 1 is 1.11 bits per heavy atom. The van der Waals surface area contributed by atoms with E-state index >= 15 is 0 Å². The lowest BCUT2D eigenvalue weighted by Crippen LogP contribution is -2.42. The van der Waals surface area contributed by atoms with Gasteiger partial charge in [-0.05, 0) is 60.1 Å². The second kappa shape index (κ2) is 7.36. The summed E-state index contributed by atoms with van der Waals surface area (Å²) in [6.45, 7) is 3.42. The highest BCUT2D eigenvalue weighted by atomic mass is 79.9. The molecule has 9 heteroatoms. The van der Waals surface area contributed by atoms with E-state index in [2.05, 4.69) is 31.9 Å². The van der Waals surface area contributed by atoms with Crippen LogP contribution in [0.3, 0.4) is 0 Å². The minimum atomic E-state index is -0.486. The van der Waals surface area contributed by atoms with Gasteiger partial charge in [-0.15, -0.1) is 0 Å².